The number of carbonyl (C=O) groups excluding carboxylic acids is 1. The normalized spacial score (nSPS) is 17.7. The quantitative estimate of drug-likeness (QED) is 0.440. The third-order valence-electron chi connectivity index (χ3n) is 4.66. The number of amides is 1. The molecule has 6 heteroatoms. The van der Waals surface area contributed by atoms with Crippen LogP contribution in [0.15, 0.2) is 0 Å². The Balaban J connectivity index is 2.26. The minimum absolute atomic E-state index is 0.0634. The number of aliphatic hydroxyl groups is 2. The van der Waals surface area contributed by atoms with E-state index in [1.807, 2.05) is 13.8 Å². The largest absolute Gasteiger partial charge is 0.380 e. The molecular weight excluding hydrogens is 308 g/mol. The van der Waals surface area contributed by atoms with Gasteiger partial charge in [0.05, 0.1) is 25.7 Å². The van der Waals surface area contributed by atoms with Gasteiger partial charge in [-0.25, -0.2) is 0 Å². The maximum atomic E-state index is 12.4. The second kappa shape index (κ2) is 12.6. The van der Waals surface area contributed by atoms with Gasteiger partial charge in [0.1, 0.15) is 0 Å². The molecule has 0 aromatic rings. The van der Waals surface area contributed by atoms with Gasteiger partial charge in [0, 0.05) is 13.1 Å². The number of nitrogens with zero attached hydrogens (tertiary/aromatic N) is 2. The fourth-order valence-electron chi connectivity index (χ4n) is 3.27. The summed E-state index contributed by atoms with van der Waals surface area (Å²) in [7, 11) is 0. The minimum atomic E-state index is -1.49. The standard InChI is InChI=1S/C18H36N2O4/c1-3-10-20(16(4-2)18(22)23)17(21)9-14-24-15-13-19-11-7-5-6-8-12-19/h16,18,22-23H,3-15H2,1-2H3/t16-/m1/s1. The van der Waals surface area contributed by atoms with Crippen molar-refractivity contribution in [2.75, 3.05) is 39.4 Å². The predicted octanol–water partition coefficient (Wildman–Crippen LogP) is 1.60. The maximum absolute atomic E-state index is 12.4. The summed E-state index contributed by atoms with van der Waals surface area (Å²) in [6, 6.07) is -0.533. The van der Waals surface area contributed by atoms with Crippen LogP contribution in [0.1, 0.15) is 58.8 Å². The van der Waals surface area contributed by atoms with Crippen molar-refractivity contribution < 1.29 is 19.7 Å². The number of rotatable bonds is 11. The van der Waals surface area contributed by atoms with E-state index in [0.717, 1.165) is 26.1 Å². The second-order valence-electron chi connectivity index (χ2n) is 6.59. The molecule has 0 spiro atoms. The van der Waals surface area contributed by atoms with Gasteiger partial charge in [0.15, 0.2) is 6.29 Å². The van der Waals surface area contributed by atoms with Crippen LogP contribution in [0, 0.1) is 0 Å². The Labute approximate surface area is 146 Å². The Hall–Kier alpha value is -0.690. The third kappa shape index (κ3) is 7.92. The van der Waals surface area contributed by atoms with E-state index < -0.39 is 12.3 Å². The van der Waals surface area contributed by atoms with Crippen LogP contribution in [0.3, 0.4) is 0 Å². The molecule has 2 N–H and O–H groups in total. The Morgan fingerprint density at radius 2 is 1.79 bits per heavy atom. The molecule has 1 heterocycles. The molecule has 0 unspecified atom stereocenters. The van der Waals surface area contributed by atoms with Crippen molar-refractivity contribution in [2.24, 2.45) is 0 Å². The highest BCUT2D eigenvalue weighted by Crippen LogP contribution is 2.11. The molecule has 6 nitrogen and oxygen atoms in total. The van der Waals surface area contributed by atoms with Crippen molar-refractivity contribution in [1.82, 2.24) is 9.80 Å². The lowest BCUT2D eigenvalue weighted by atomic mass is 10.1. The van der Waals surface area contributed by atoms with Crippen molar-refractivity contribution >= 4 is 5.91 Å². The molecule has 1 aliphatic rings. The van der Waals surface area contributed by atoms with Crippen molar-refractivity contribution in [3.8, 4) is 0 Å². The number of aliphatic hydroxyl groups excluding tert-OH is 1. The highest BCUT2D eigenvalue weighted by atomic mass is 16.5. The van der Waals surface area contributed by atoms with Crippen LogP contribution in [-0.2, 0) is 9.53 Å². The van der Waals surface area contributed by atoms with Gasteiger partial charge in [-0.2, -0.15) is 0 Å². The first-order chi connectivity index (χ1) is 11.6. The molecule has 142 valence electrons. The van der Waals surface area contributed by atoms with Crippen LogP contribution < -0.4 is 0 Å². The fourth-order valence-corrected chi connectivity index (χ4v) is 3.27. The van der Waals surface area contributed by atoms with E-state index in [1.165, 1.54) is 25.7 Å². The Bertz CT molecular complexity index is 331. The van der Waals surface area contributed by atoms with Gasteiger partial charge in [-0.1, -0.05) is 26.7 Å². The summed E-state index contributed by atoms with van der Waals surface area (Å²) in [5.41, 5.74) is 0. The van der Waals surface area contributed by atoms with Crippen molar-refractivity contribution in [3.63, 3.8) is 0 Å². The molecule has 1 fully saturated rings. The fraction of sp³-hybridized carbons (Fsp3) is 0.944. The summed E-state index contributed by atoms with van der Waals surface area (Å²) in [4.78, 5) is 16.4. The monoisotopic (exact) mass is 344 g/mol. The first-order valence-corrected chi connectivity index (χ1v) is 9.55. The van der Waals surface area contributed by atoms with Crippen LogP contribution in [0.2, 0.25) is 0 Å². The number of carbonyl (C=O) groups is 1. The summed E-state index contributed by atoms with van der Waals surface area (Å²) in [5.74, 6) is -0.0634. The Kier molecular flexibility index (Phi) is 11.2. The molecule has 24 heavy (non-hydrogen) atoms. The van der Waals surface area contributed by atoms with Crippen LogP contribution in [0.25, 0.3) is 0 Å². The number of hydrogen-bond donors (Lipinski definition) is 2. The zero-order chi connectivity index (χ0) is 17.8. The molecule has 1 saturated heterocycles. The molecule has 1 atom stereocenters. The van der Waals surface area contributed by atoms with E-state index in [-0.39, 0.29) is 5.91 Å². The van der Waals surface area contributed by atoms with Gasteiger partial charge in [-0.05, 0) is 38.8 Å². The third-order valence-corrected chi connectivity index (χ3v) is 4.66. The zero-order valence-electron chi connectivity index (χ0n) is 15.5. The molecule has 1 rings (SSSR count). The number of hydrogen-bond acceptors (Lipinski definition) is 5. The number of likely N-dealkylation sites (tertiary alicyclic amines) is 1. The van der Waals surface area contributed by atoms with Crippen LogP contribution in [0.5, 0.6) is 0 Å². The second-order valence-corrected chi connectivity index (χ2v) is 6.59. The molecule has 0 saturated carbocycles. The summed E-state index contributed by atoms with van der Waals surface area (Å²) < 4.78 is 5.64. The van der Waals surface area contributed by atoms with E-state index in [4.69, 9.17) is 4.74 Å². The lowest BCUT2D eigenvalue weighted by Gasteiger charge is -2.32. The zero-order valence-corrected chi connectivity index (χ0v) is 15.5. The smallest absolute Gasteiger partial charge is 0.225 e. The molecule has 0 aromatic heterocycles. The molecule has 0 aromatic carbocycles. The Morgan fingerprint density at radius 1 is 1.12 bits per heavy atom. The van der Waals surface area contributed by atoms with Gasteiger partial charge in [-0.3, -0.25) is 4.79 Å². The van der Waals surface area contributed by atoms with Gasteiger partial charge < -0.3 is 24.7 Å². The summed E-state index contributed by atoms with van der Waals surface area (Å²) in [6.07, 6.45) is 5.32. The number of ether oxygens (including phenoxy) is 1. The molecule has 0 bridgehead atoms. The van der Waals surface area contributed by atoms with Gasteiger partial charge in [0.2, 0.25) is 5.91 Å². The summed E-state index contributed by atoms with van der Waals surface area (Å²) in [5, 5.41) is 18.9. The van der Waals surface area contributed by atoms with E-state index in [0.29, 0.717) is 32.6 Å². The van der Waals surface area contributed by atoms with Crippen molar-refractivity contribution in [3.05, 3.63) is 0 Å². The predicted molar refractivity (Wildman–Crippen MR) is 94.7 cm³/mol. The SMILES string of the molecule is CCCN(C(=O)CCOCCN1CCCCCC1)[C@H](CC)C(O)O. The van der Waals surface area contributed by atoms with Gasteiger partial charge in [0.25, 0.3) is 0 Å². The van der Waals surface area contributed by atoms with Crippen LogP contribution in [-0.4, -0.2) is 77.6 Å². The van der Waals surface area contributed by atoms with Crippen LogP contribution >= 0.6 is 0 Å². The summed E-state index contributed by atoms with van der Waals surface area (Å²) >= 11 is 0. The van der Waals surface area contributed by atoms with Gasteiger partial charge in [-0.15, -0.1) is 0 Å². The highest BCUT2D eigenvalue weighted by Gasteiger charge is 2.26. The lowest BCUT2D eigenvalue weighted by molar-refractivity contribution is -0.149. The molecule has 0 aliphatic carbocycles. The lowest BCUT2D eigenvalue weighted by Crippen LogP contribution is -2.47. The highest BCUT2D eigenvalue weighted by molar-refractivity contribution is 5.76. The van der Waals surface area contributed by atoms with Gasteiger partial charge >= 0.3 is 0 Å². The van der Waals surface area contributed by atoms with E-state index in [1.54, 1.807) is 4.90 Å². The van der Waals surface area contributed by atoms with E-state index in [9.17, 15) is 15.0 Å². The topological polar surface area (TPSA) is 73.2 Å². The maximum Gasteiger partial charge on any atom is 0.225 e. The summed E-state index contributed by atoms with van der Waals surface area (Å²) in [6.45, 7) is 8.67. The molecule has 1 amide bonds. The Morgan fingerprint density at radius 3 is 2.33 bits per heavy atom. The first-order valence-electron chi connectivity index (χ1n) is 9.55. The molecule has 0 radical (unpaired) electrons. The van der Waals surface area contributed by atoms with Crippen LogP contribution in [0.4, 0.5) is 0 Å². The van der Waals surface area contributed by atoms with Crippen molar-refractivity contribution in [2.45, 2.75) is 71.1 Å². The molecule has 1 aliphatic heterocycles. The molecular formula is C18H36N2O4. The van der Waals surface area contributed by atoms with E-state index >= 15 is 0 Å². The average Bonchev–Trinajstić information content (AvgIpc) is 2.82. The van der Waals surface area contributed by atoms with E-state index in [2.05, 4.69) is 4.90 Å². The average molecular weight is 344 g/mol. The van der Waals surface area contributed by atoms with Crippen molar-refractivity contribution in [1.29, 1.82) is 0 Å². The minimum Gasteiger partial charge on any atom is -0.380 e. The first kappa shape index (κ1) is 21.4.